The van der Waals surface area contributed by atoms with Crippen molar-refractivity contribution < 1.29 is 0 Å². The van der Waals surface area contributed by atoms with Gasteiger partial charge in [0.2, 0.25) is 0 Å². The average molecular weight is 244 g/mol. The molecule has 2 heterocycles. The molecule has 94 valence electrons. The molecule has 0 fully saturated rings. The first-order valence-corrected chi connectivity index (χ1v) is 6.33. The van der Waals surface area contributed by atoms with Gasteiger partial charge in [0.15, 0.2) is 11.6 Å². The molecule has 1 atom stereocenters. The van der Waals surface area contributed by atoms with Crippen molar-refractivity contribution in [3.8, 4) is 11.6 Å². The van der Waals surface area contributed by atoms with Crippen LogP contribution in [-0.2, 0) is 6.42 Å². The van der Waals surface area contributed by atoms with Crippen LogP contribution in [0.15, 0.2) is 12.5 Å². The summed E-state index contributed by atoms with van der Waals surface area (Å²) in [7, 11) is 0. The van der Waals surface area contributed by atoms with Gasteiger partial charge in [0.05, 0.1) is 0 Å². The summed E-state index contributed by atoms with van der Waals surface area (Å²) in [6.07, 6.45) is 6.73. The van der Waals surface area contributed by atoms with Gasteiger partial charge < -0.3 is 5.32 Å². The molecule has 2 N–H and O–H groups in total. The highest BCUT2D eigenvalue weighted by Crippen LogP contribution is 2.28. The van der Waals surface area contributed by atoms with Gasteiger partial charge in [0.25, 0.3) is 0 Å². The molecule has 0 bridgehead atoms. The summed E-state index contributed by atoms with van der Waals surface area (Å²) in [5.74, 6) is 1.26. The molecule has 1 unspecified atom stereocenters. The van der Waals surface area contributed by atoms with Gasteiger partial charge >= 0.3 is 0 Å². The van der Waals surface area contributed by atoms with Gasteiger partial charge in [-0.25, -0.2) is 15.0 Å². The lowest BCUT2D eigenvalue weighted by molar-refractivity contribution is 0.464. The molecule has 6 nitrogen and oxygen atoms in total. The topological polar surface area (TPSA) is 79.4 Å². The van der Waals surface area contributed by atoms with Crippen LogP contribution in [0.25, 0.3) is 11.6 Å². The van der Waals surface area contributed by atoms with Crippen molar-refractivity contribution in [3.05, 3.63) is 23.8 Å². The third-order valence-electron chi connectivity index (χ3n) is 3.26. The highest BCUT2D eigenvalue weighted by Gasteiger charge is 2.21. The molecule has 0 spiro atoms. The van der Waals surface area contributed by atoms with Crippen molar-refractivity contribution in [1.82, 2.24) is 30.5 Å². The average Bonchev–Trinajstić information content (AvgIpc) is 2.93. The summed E-state index contributed by atoms with van der Waals surface area (Å²) in [5, 5.41) is 10.1. The number of aryl methyl sites for hydroxylation is 1. The maximum atomic E-state index is 4.60. The fraction of sp³-hybridized carbons (Fsp3) is 0.500. The van der Waals surface area contributed by atoms with E-state index in [2.05, 4.69) is 37.4 Å². The van der Waals surface area contributed by atoms with Gasteiger partial charge in [-0.15, -0.1) is 0 Å². The van der Waals surface area contributed by atoms with Crippen molar-refractivity contribution in [2.45, 2.75) is 32.2 Å². The Labute approximate surface area is 105 Å². The first-order chi connectivity index (χ1) is 8.88. The maximum Gasteiger partial charge on any atom is 0.197 e. The van der Waals surface area contributed by atoms with E-state index in [1.807, 2.05) is 6.20 Å². The lowest BCUT2D eigenvalue weighted by Crippen LogP contribution is -2.26. The Balaban J connectivity index is 1.95. The molecule has 6 heteroatoms. The standard InChI is InChI=1S/C12H16N6/c1-2-13-9-4-3-5-10-8(9)6-14-11(17-10)12-15-7-16-18-12/h6-7,9,13H,2-5H2,1H3,(H,15,16,18). The van der Waals surface area contributed by atoms with E-state index in [1.165, 1.54) is 11.9 Å². The van der Waals surface area contributed by atoms with E-state index in [1.54, 1.807) is 0 Å². The second-order valence-electron chi connectivity index (χ2n) is 4.43. The number of rotatable bonds is 3. The van der Waals surface area contributed by atoms with Gasteiger partial charge in [-0.1, -0.05) is 6.92 Å². The minimum Gasteiger partial charge on any atom is -0.310 e. The van der Waals surface area contributed by atoms with Crippen molar-refractivity contribution in [3.63, 3.8) is 0 Å². The molecule has 0 radical (unpaired) electrons. The zero-order valence-corrected chi connectivity index (χ0v) is 10.3. The van der Waals surface area contributed by atoms with Crippen molar-refractivity contribution >= 4 is 0 Å². The van der Waals surface area contributed by atoms with Crippen LogP contribution in [0.4, 0.5) is 0 Å². The summed E-state index contributed by atoms with van der Waals surface area (Å²) < 4.78 is 0. The van der Waals surface area contributed by atoms with Crippen LogP contribution < -0.4 is 5.32 Å². The SMILES string of the molecule is CCNC1CCCc2nc(-c3ncn[nH]3)ncc21. The Hall–Kier alpha value is -1.82. The predicted molar refractivity (Wildman–Crippen MR) is 66.8 cm³/mol. The first-order valence-electron chi connectivity index (χ1n) is 6.33. The van der Waals surface area contributed by atoms with Crippen molar-refractivity contribution in [2.75, 3.05) is 6.54 Å². The highest BCUT2D eigenvalue weighted by atomic mass is 15.2. The van der Waals surface area contributed by atoms with E-state index in [4.69, 9.17) is 0 Å². The number of nitrogens with zero attached hydrogens (tertiary/aromatic N) is 4. The predicted octanol–water partition coefficient (Wildman–Crippen LogP) is 1.25. The largest absolute Gasteiger partial charge is 0.310 e. The molecule has 2 aromatic rings. The number of nitrogens with one attached hydrogen (secondary N) is 2. The Morgan fingerprint density at radius 3 is 3.17 bits per heavy atom. The fourth-order valence-corrected chi connectivity index (χ4v) is 2.43. The molecule has 0 saturated carbocycles. The van der Waals surface area contributed by atoms with Crippen LogP contribution in [0.5, 0.6) is 0 Å². The second-order valence-corrected chi connectivity index (χ2v) is 4.43. The number of aromatic amines is 1. The number of fused-ring (bicyclic) bond motifs is 1. The number of H-pyrrole nitrogens is 1. The van der Waals surface area contributed by atoms with E-state index >= 15 is 0 Å². The van der Waals surface area contributed by atoms with Gasteiger partial charge in [-0.2, -0.15) is 5.10 Å². The molecule has 18 heavy (non-hydrogen) atoms. The second kappa shape index (κ2) is 4.81. The zero-order chi connectivity index (χ0) is 12.4. The van der Waals surface area contributed by atoms with Gasteiger partial charge in [0, 0.05) is 23.5 Å². The Morgan fingerprint density at radius 2 is 2.39 bits per heavy atom. The molecule has 0 aromatic carbocycles. The summed E-state index contributed by atoms with van der Waals surface area (Å²) in [5.41, 5.74) is 2.36. The van der Waals surface area contributed by atoms with Crippen LogP contribution in [0, 0.1) is 0 Å². The lowest BCUT2D eigenvalue weighted by atomic mass is 9.92. The molecule has 1 aliphatic carbocycles. The van der Waals surface area contributed by atoms with Crippen molar-refractivity contribution in [2.24, 2.45) is 0 Å². The maximum absolute atomic E-state index is 4.60. The minimum atomic E-state index is 0.391. The van der Waals surface area contributed by atoms with Crippen molar-refractivity contribution in [1.29, 1.82) is 0 Å². The van der Waals surface area contributed by atoms with E-state index in [-0.39, 0.29) is 0 Å². The zero-order valence-electron chi connectivity index (χ0n) is 10.3. The first kappa shape index (κ1) is 11.3. The van der Waals surface area contributed by atoms with Crippen LogP contribution in [0.3, 0.4) is 0 Å². The number of hydrogen-bond donors (Lipinski definition) is 2. The summed E-state index contributed by atoms with van der Waals surface area (Å²) >= 11 is 0. The van der Waals surface area contributed by atoms with Crippen LogP contribution in [0.1, 0.15) is 37.1 Å². The molecule has 2 aromatic heterocycles. The molecular weight excluding hydrogens is 228 g/mol. The number of hydrogen-bond acceptors (Lipinski definition) is 5. The van der Waals surface area contributed by atoms with E-state index in [0.717, 1.165) is 31.5 Å². The van der Waals surface area contributed by atoms with Gasteiger partial charge in [-0.05, 0) is 25.8 Å². The van der Waals surface area contributed by atoms with Crippen LogP contribution in [-0.4, -0.2) is 31.7 Å². The minimum absolute atomic E-state index is 0.391. The summed E-state index contributed by atoms with van der Waals surface area (Å²) in [6.45, 7) is 3.09. The molecule has 0 amide bonds. The van der Waals surface area contributed by atoms with E-state index < -0.39 is 0 Å². The normalized spacial score (nSPS) is 18.6. The monoisotopic (exact) mass is 244 g/mol. The molecular formula is C12H16N6. The van der Waals surface area contributed by atoms with Gasteiger partial charge in [0.1, 0.15) is 6.33 Å². The fourth-order valence-electron chi connectivity index (χ4n) is 2.43. The van der Waals surface area contributed by atoms with Crippen LogP contribution >= 0.6 is 0 Å². The Kier molecular flexibility index (Phi) is 3.02. The van der Waals surface area contributed by atoms with E-state index in [9.17, 15) is 0 Å². The lowest BCUT2D eigenvalue weighted by Gasteiger charge is -2.24. The highest BCUT2D eigenvalue weighted by molar-refractivity contribution is 5.43. The number of aromatic nitrogens is 5. The molecule has 3 rings (SSSR count). The Bertz CT molecular complexity index is 521. The third kappa shape index (κ3) is 1.99. The Morgan fingerprint density at radius 1 is 1.44 bits per heavy atom. The van der Waals surface area contributed by atoms with Gasteiger partial charge in [-0.3, -0.25) is 5.10 Å². The quantitative estimate of drug-likeness (QED) is 0.849. The molecule has 1 aliphatic rings. The smallest absolute Gasteiger partial charge is 0.197 e. The third-order valence-corrected chi connectivity index (χ3v) is 3.26. The molecule has 0 saturated heterocycles. The summed E-state index contributed by atoms with van der Waals surface area (Å²) in [4.78, 5) is 13.1. The summed E-state index contributed by atoms with van der Waals surface area (Å²) in [6, 6.07) is 0.391. The van der Waals surface area contributed by atoms with Crippen LogP contribution in [0.2, 0.25) is 0 Å². The molecule has 0 aliphatic heterocycles. The van der Waals surface area contributed by atoms with E-state index in [0.29, 0.717) is 17.7 Å².